The SMILES string of the molecule is CC1CO1.CC1CO1.CC1CO1.CC1CO1.CCO[Si](CCCN[C@@H](S)Nc1ccc(C2=C3C=CC(=O)CC3Oc3cc(O)ccc32)c(C(=O)O)c1)(OCC)OCC.CCO[Si](OCC)(OCC)OCC.CO[Si](COCC1CO1)(OC)OC.N=[S-](F)=P.N=[S-](F)=P.N=[S-](F)=P. The number of anilines is 1. The van der Waals surface area contributed by atoms with Gasteiger partial charge in [0.05, 0.1) is 76.0 Å². The van der Waals surface area contributed by atoms with E-state index in [9.17, 15) is 31.5 Å². The molecular weight excluding hydrogens is 1450 g/mol. The summed E-state index contributed by atoms with van der Waals surface area (Å²) in [6, 6.07) is 10.5. The third kappa shape index (κ3) is 46.4. The monoisotopic (exact) mass is 1560 g/mol. The summed E-state index contributed by atoms with van der Waals surface area (Å²) in [5.74, 6) is -0.779. The zero-order valence-electron chi connectivity index (χ0n) is 57.3. The molecule has 7 N–H and O–H groups in total. The minimum atomic E-state index is -2.80. The molecule has 6 aliphatic heterocycles. The van der Waals surface area contributed by atoms with Gasteiger partial charge in [0.25, 0.3) is 0 Å². The van der Waals surface area contributed by atoms with E-state index >= 15 is 0 Å². The van der Waals surface area contributed by atoms with Gasteiger partial charge in [-0.3, -0.25) is 10.1 Å². The van der Waals surface area contributed by atoms with Crippen molar-refractivity contribution in [3.63, 3.8) is 0 Å². The zero-order chi connectivity index (χ0) is 72.9. The molecule has 0 saturated carbocycles. The van der Waals surface area contributed by atoms with Gasteiger partial charge >= 0.3 is 32.6 Å². The minimum Gasteiger partial charge on any atom is -0.508 e. The van der Waals surface area contributed by atoms with Crippen LogP contribution in [0.15, 0.2) is 54.1 Å². The summed E-state index contributed by atoms with van der Waals surface area (Å²) in [7, 11) is -1.76. The molecule has 2 aromatic carbocycles. The summed E-state index contributed by atoms with van der Waals surface area (Å²) in [6.07, 6.45) is 6.43. The highest BCUT2D eigenvalue weighted by Crippen LogP contribution is 2.45. The van der Waals surface area contributed by atoms with Gasteiger partial charge in [0.2, 0.25) is 0 Å². The molecule has 26 nitrogen and oxygen atoms in total. The van der Waals surface area contributed by atoms with Crippen molar-refractivity contribution in [2.45, 2.75) is 137 Å². The predicted octanol–water partition coefficient (Wildman–Crippen LogP) is 11.8. The van der Waals surface area contributed by atoms with E-state index < -0.39 is 75.0 Å². The average Bonchev–Trinajstić information content (AvgIpc) is 1.62. The molecule has 0 bridgehead atoms. The van der Waals surface area contributed by atoms with Gasteiger partial charge in [-0.25, -0.2) is 59.6 Å². The maximum atomic E-state index is 12.5. The molecule has 5 fully saturated rings. The quantitative estimate of drug-likeness (QED) is 0.00685. The number of aromatic carboxylic acids is 1. The van der Waals surface area contributed by atoms with E-state index in [0.29, 0.717) is 124 Å². The van der Waals surface area contributed by atoms with Gasteiger partial charge < -0.3 is 119 Å². The number of benzene rings is 2. The van der Waals surface area contributed by atoms with Crippen LogP contribution in [0.2, 0.25) is 6.04 Å². The van der Waals surface area contributed by atoms with E-state index in [-0.39, 0.29) is 29.6 Å². The van der Waals surface area contributed by atoms with E-state index in [1.807, 2.05) is 48.5 Å². The van der Waals surface area contributed by atoms with E-state index in [1.165, 1.54) is 18.2 Å². The van der Waals surface area contributed by atoms with E-state index in [0.717, 1.165) is 45.0 Å². The Balaban J connectivity index is 0.00000134. The van der Waals surface area contributed by atoms with Crippen molar-refractivity contribution in [2.24, 2.45) is 0 Å². The molecule has 7 atom stereocenters. The molecule has 0 radical (unpaired) electrons. The van der Waals surface area contributed by atoms with Crippen molar-refractivity contribution in [1.82, 2.24) is 5.32 Å². The van der Waals surface area contributed by atoms with Crippen LogP contribution in [0.3, 0.4) is 0 Å². The van der Waals surface area contributed by atoms with Gasteiger partial charge in [-0.2, -0.15) is 0 Å². The number of phenols is 1. The fourth-order valence-corrected chi connectivity index (χ4v) is 13.5. The molecule has 0 amide bonds. The lowest BCUT2D eigenvalue weighted by Gasteiger charge is -2.32. The lowest BCUT2D eigenvalue weighted by Crippen LogP contribution is -2.49. The number of fused-ring (bicyclic) bond motifs is 2. The summed E-state index contributed by atoms with van der Waals surface area (Å²) in [5, 5.41) is 26.7. The smallest absolute Gasteiger partial charge is 0.508 e. The van der Waals surface area contributed by atoms with Crippen LogP contribution >= 0.6 is 36.7 Å². The van der Waals surface area contributed by atoms with E-state index in [2.05, 4.69) is 75.0 Å². The van der Waals surface area contributed by atoms with Crippen LogP contribution in [0.1, 0.15) is 110 Å². The van der Waals surface area contributed by atoms with Crippen LogP contribution in [0.5, 0.6) is 11.5 Å². The van der Waals surface area contributed by atoms with E-state index in [1.54, 1.807) is 51.7 Å². The van der Waals surface area contributed by atoms with Gasteiger partial charge in [0, 0.05) is 102 Å². The van der Waals surface area contributed by atoms with Crippen LogP contribution in [-0.4, -0.2) is 211 Å². The second-order valence-electron chi connectivity index (χ2n) is 20.1. The van der Waals surface area contributed by atoms with Crippen molar-refractivity contribution < 1.29 is 109 Å². The molecule has 6 unspecified atom stereocenters. The van der Waals surface area contributed by atoms with Crippen molar-refractivity contribution in [1.29, 1.82) is 14.3 Å². The molecule has 2 aromatic rings. The molecule has 0 spiro atoms. The highest BCUT2D eigenvalue weighted by Gasteiger charge is 2.45. The standard InChI is InChI=1S/C30H38N2O8SSi.C8H20O4Si.C7H16O5Si.4C3H6O.3FH2NPS/c1-4-37-42(38-5-2,39-6-3)15-7-14-31-30(41)32-19-8-11-22(25(16-19)29(35)36)28-23-12-9-20(33)17-26(23)40-27-18-21(34)10-13-24(27)28;1-5-9-13(10-6-2,11-7-3)12-8-4;1-8-13(9-2,10-3)6-11-4-7-5-12-7;4*1-3-2-4-3;3*1-4(2)3/h8-13,16-17,27,30-33,41H,4-7,14-15,18H2,1-3H3,(H,35,36);5-8H2,1-4H3;7H,4-6H2,1-3H3;4*3H,2H2,1H3;3*2-3H/q;;;;;;;3*-1/t27?,30-;;;;;;;;;/m1........./s1. The maximum absolute atomic E-state index is 12.5. The van der Waals surface area contributed by atoms with E-state index in [4.69, 9.17) is 91.8 Å². The number of carbonyl (C=O) groups is 2. The Kier molecular flexibility index (Phi) is 52.5. The number of aromatic hydroxyl groups is 1. The van der Waals surface area contributed by atoms with Gasteiger partial charge in [-0.05, 0) is 125 Å². The molecule has 39 heteroatoms. The third-order valence-electron chi connectivity index (χ3n) is 12.1. The molecule has 5 saturated heterocycles. The third-order valence-corrected chi connectivity index (χ3v) is 20.5. The average molecular weight is 1560 g/mol. The first-order chi connectivity index (χ1) is 45.5. The topological polar surface area (TPSA) is 344 Å². The van der Waals surface area contributed by atoms with Gasteiger partial charge in [0.15, 0.2) is 5.78 Å². The van der Waals surface area contributed by atoms with Crippen LogP contribution in [0.4, 0.5) is 17.3 Å². The number of carboxylic acid groups (broad SMARTS) is 1. The number of phenolic OH excluding ortho intramolecular Hbond substituents is 1. The van der Waals surface area contributed by atoms with Crippen LogP contribution in [0.25, 0.3) is 5.57 Å². The summed E-state index contributed by atoms with van der Waals surface area (Å²) >= 11 is 4.60. The molecule has 96 heavy (non-hydrogen) atoms. The van der Waals surface area contributed by atoms with Crippen molar-refractivity contribution in [3.05, 3.63) is 70.8 Å². The first kappa shape index (κ1) is 93.9. The number of hydrogen-bond acceptors (Lipinski definition) is 29. The fraction of sp³-hybridized carbons (Fsp3) is 0.684. The Labute approximate surface area is 586 Å². The first-order valence-corrected chi connectivity index (χ1v) is 43.8. The summed E-state index contributed by atoms with van der Waals surface area (Å²) in [5.41, 5.74) is 2.69. The van der Waals surface area contributed by atoms with Crippen molar-refractivity contribution in [3.8, 4) is 11.5 Å². The highest BCUT2D eigenvalue weighted by atomic mass is 32.5. The second-order valence-corrected chi connectivity index (χ2v) is 33.2. The number of epoxide rings is 5. The Morgan fingerprint density at radius 2 is 1.07 bits per heavy atom. The van der Waals surface area contributed by atoms with Gasteiger partial charge in [0.1, 0.15) is 35.4 Å². The second kappa shape index (κ2) is 53.7. The number of halogens is 3. The van der Waals surface area contributed by atoms with Crippen molar-refractivity contribution >= 4 is 117 Å². The Hall–Kier alpha value is -2.08. The number of thiol groups is 1. The maximum Gasteiger partial charge on any atom is 0.679 e. The summed E-state index contributed by atoms with van der Waals surface area (Å²) in [4.78, 5) is 24.6. The number of ether oxygens (including phenoxy) is 7. The Morgan fingerprint density at radius 3 is 1.44 bits per heavy atom. The first-order valence-electron chi connectivity index (χ1n) is 30.8. The minimum absolute atomic E-state index is 0.0151. The number of carbonyl (C=O) groups excluding carboxylic acids is 1. The highest BCUT2D eigenvalue weighted by molar-refractivity contribution is 8.04. The normalized spacial score (nSPS) is 19.7. The largest absolute Gasteiger partial charge is 0.679 e. The van der Waals surface area contributed by atoms with Crippen molar-refractivity contribution in [2.75, 3.05) is 125 Å². The number of allylic oxidation sites excluding steroid dienone is 1. The molecular formula is C57H104F3N5O21P3S4Si3-3. The zero-order valence-corrected chi connectivity index (χ0v) is 66.7. The van der Waals surface area contributed by atoms with Crippen LogP contribution < -0.4 is 15.4 Å². The molecule has 1 aliphatic carbocycles. The van der Waals surface area contributed by atoms with Gasteiger partial charge in [-0.15, -0.1) is 12.6 Å². The number of hydrogen-bond donors (Lipinski definition) is 8. The number of carboxylic acids is 1. The molecule has 9 rings (SSSR count). The van der Waals surface area contributed by atoms with Crippen LogP contribution in [0, 0.1) is 14.3 Å². The Bertz CT molecular complexity index is 2650. The number of nitrogens with one attached hydrogen (secondary N) is 5. The summed E-state index contributed by atoms with van der Waals surface area (Å²) < 4.78 is 140. The molecule has 7 aliphatic rings. The summed E-state index contributed by atoms with van der Waals surface area (Å²) in [6.45, 7) is 31.3. The molecule has 558 valence electrons. The number of rotatable bonds is 30. The lowest BCUT2D eigenvalue weighted by atomic mass is 9.82. The molecule has 0 aromatic heterocycles. The van der Waals surface area contributed by atoms with Gasteiger partial charge in [-0.1, -0.05) is 12.1 Å². The fourth-order valence-electron chi connectivity index (χ4n) is 7.46. The Morgan fingerprint density at radius 1 is 0.667 bits per heavy atom. The lowest BCUT2D eigenvalue weighted by molar-refractivity contribution is -0.116. The predicted molar refractivity (Wildman–Crippen MR) is 385 cm³/mol. The molecule has 6 heterocycles. The number of ketones is 1. The van der Waals surface area contributed by atoms with Crippen LogP contribution in [-0.2, 0) is 108 Å².